The SMILES string of the molecule is N#CC1(c2cccc(F)c2)COC1. The first kappa shape index (κ1) is 8.21. The molecule has 1 heterocycles. The number of hydrogen-bond donors (Lipinski definition) is 0. The second-order valence-electron chi connectivity index (χ2n) is 3.20. The van der Waals surface area contributed by atoms with Crippen LogP contribution in [0.4, 0.5) is 4.39 Å². The van der Waals surface area contributed by atoms with Gasteiger partial charge in [-0.15, -0.1) is 0 Å². The Kier molecular flexibility index (Phi) is 1.78. The number of nitriles is 1. The fraction of sp³-hybridized carbons (Fsp3) is 0.300. The molecule has 1 fully saturated rings. The predicted molar refractivity (Wildman–Crippen MR) is 44.5 cm³/mol. The van der Waals surface area contributed by atoms with Gasteiger partial charge in [0.25, 0.3) is 0 Å². The second-order valence-corrected chi connectivity index (χ2v) is 3.20. The Bertz CT molecular complexity index is 365. The fourth-order valence-corrected chi connectivity index (χ4v) is 1.39. The molecule has 0 spiro atoms. The van der Waals surface area contributed by atoms with E-state index in [-0.39, 0.29) is 5.82 Å². The van der Waals surface area contributed by atoms with Gasteiger partial charge in [0.05, 0.1) is 19.3 Å². The molecule has 0 aliphatic carbocycles. The van der Waals surface area contributed by atoms with Crippen molar-refractivity contribution in [3.63, 3.8) is 0 Å². The zero-order valence-corrected chi connectivity index (χ0v) is 6.96. The molecule has 0 unspecified atom stereocenters. The summed E-state index contributed by atoms with van der Waals surface area (Å²) in [6, 6.07) is 8.30. The van der Waals surface area contributed by atoms with Crippen LogP contribution in [-0.2, 0) is 10.2 Å². The van der Waals surface area contributed by atoms with E-state index in [1.807, 2.05) is 0 Å². The highest BCUT2D eigenvalue weighted by Crippen LogP contribution is 2.31. The first-order valence-corrected chi connectivity index (χ1v) is 4.02. The molecule has 2 nitrogen and oxygen atoms in total. The summed E-state index contributed by atoms with van der Waals surface area (Å²) in [6.45, 7) is 0.736. The van der Waals surface area contributed by atoms with Crippen LogP contribution in [0.2, 0.25) is 0 Å². The third kappa shape index (κ3) is 1.20. The molecule has 13 heavy (non-hydrogen) atoms. The number of rotatable bonds is 1. The molecule has 66 valence electrons. The number of halogens is 1. The molecule has 0 radical (unpaired) electrons. The van der Waals surface area contributed by atoms with E-state index in [0.717, 1.165) is 0 Å². The minimum atomic E-state index is -0.609. The minimum absolute atomic E-state index is 0.306. The Hall–Kier alpha value is -1.40. The molecule has 1 aliphatic heterocycles. The van der Waals surface area contributed by atoms with Crippen LogP contribution in [0.15, 0.2) is 24.3 Å². The van der Waals surface area contributed by atoms with E-state index in [0.29, 0.717) is 18.8 Å². The van der Waals surface area contributed by atoms with E-state index >= 15 is 0 Å². The van der Waals surface area contributed by atoms with E-state index in [9.17, 15) is 4.39 Å². The molecule has 0 bridgehead atoms. The molecule has 0 aromatic heterocycles. The van der Waals surface area contributed by atoms with Gasteiger partial charge in [-0.3, -0.25) is 0 Å². The van der Waals surface area contributed by atoms with Crippen LogP contribution >= 0.6 is 0 Å². The summed E-state index contributed by atoms with van der Waals surface area (Å²) in [5.41, 5.74) is 0.100. The first-order valence-electron chi connectivity index (χ1n) is 4.02. The summed E-state index contributed by atoms with van der Waals surface area (Å²) >= 11 is 0. The van der Waals surface area contributed by atoms with E-state index in [4.69, 9.17) is 10.00 Å². The van der Waals surface area contributed by atoms with Gasteiger partial charge in [-0.2, -0.15) is 5.26 Å². The average Bonchev–Trinajstić information content (AvgIpc) is 2.03. The van der Waals surface area contributed by atoms with Crippen LogP contribution in [0, 0.1) is 17.1 Å². The van der Waals surface area contributed by atoms with Gasteiger partial charge in [0, 0.05) is 0 Å². The van der Waals surface area contributed by atoms with Crippen LogP contribution in [0.25, 0.3) is 0 Å². The average molecular weight is 177 g/mol. The molecule has 0 amide bonds. The second kappa shape index (κ2) is 2.82. The van der Waals surface area contributed by atoms with Gasteiger partial charge in [-0.25, -0.2) is 4.39 Å². The molecule has 3 heteroatoms. The number of benzene rings is 1. The van der Waals surface area contributed by atoms with Crippen LogP contribution < -0.4 is 0 Å². The van der Waals surface area contributed by atoms with Crippen molar-refractivity contribution < 1.29 is 9.13 Å². The maximum absolute atomic E-state index is 12.8. The highest BCUT2D eigenvalue weighted by molar-refractivity contribution is 5.35. The van der Waals surface area contributed by atoms with Crippen molar-refractivity contribution >= 4 is 0 Å². The third-order valence-electron chi connectivity index (χ3n) is 2.29. The third-order valence-corrected chi connectivity index (χ3v) is 2.29. The zero-order chi connectivity index (χ0) is 9.31. The van der Waals surface area contributed by atoms with Crippen LogP contribution in [0.3, 0.4) is 0 Å². The summed E-state index contributed by atoms with van der Waals surface area (Å²) in [5.74, 6) is -0.306. The normalized spacial score (nSPS) is 18.8. The lowest BCUT2D eigenvalue weighted by molar-refractivity contribution is -0.0299. The van der Waals surface area contributed by atoms with Gasteiger partial charge in [0.1, 0.15) is 11.2 Å². The molecular formula is C10H8FNO. The van der Waals surface area contributed by atoms with Gasteiger partial charge in [0.15, 0.2) is 0 Å². The molecule has 1 saturated heterocycles. The molecule has 1 aromatic rings. The lowest BCUT2D eigenvalue weighted by Gasteiger charge is -2.35. The van der Waals surface area contributed by atoms with E-state index in [1.54, 1.807) is 12.1 Å². The topological polar surface area (TPSA) is 33.0 Å². The standard InChI is InChI=1S/C10H8FNO/c11-9-3-1-2-8(4-9)10(5-12)6-13-7-10/h1-4H,6-7H2. The minimum Gasteiger partial charge on any atom is -0.377 e. The van der Waals surface area contributed by atoms with Crippen molar-refractivity contribution in [1.29, 1.82) is 5.26 Å². The van der Waals surface area contributed by atoms with Gasteiger partial charge in [-0.05, 0) is 17.7 Å². The highest BCUT2D eigenvalue weighted by atomic mass is 19.1. The summed E-state index contributed by atoms with van der Waals surface area (Å²) in [7, 11) is 0. The quantitative estimate of drug-likeness (QED) is 0.653. The maximum Gasteiger partial charge on any atom is 0.129 e. The molecule has 0 saturated carbocycles. The Labute approximate surface area is 75.6 Å². The van der Waals surface area contributed by atoms with Crippen molar-refractivity contribution in [2.75, 3.05) is 13.2 Å². The largest absolute Gasteiger partial charge is 0.377 e. The van der Waals surface area contributed by atoms with Crippen LogP contribution in [0.1, 0.15) is 5.56 Å². The Balaban J connectivity index is 2.40. The van der Waals surface area contributed by atoms with Crippen molar-refractivity contribution in [2.24, 2.45) is 0 Å². The number of ether oxygens (including phenoxy) is 1. The summed E-state index contributed by atoms with van der Waals surface area (Å²) in [4.78, 5) is 0. The lowest BCUT2D eigenvalue weighted by Crippen LogP contribution is -2.45. The summed E-state index contributed by atoms with van der Waals surface area (Å²) < 4.78 is 17.8. The molecule has 1 aliphatic rings. The van der Waals surface area contributed by atoms with Gasteiger partial charge >= 0.3 is 0 Å². The van der Waals surface area contributed by atoms with Crippen LogP contribution in [-0.4, -0.2) is 13.2 Å². The molecule has 2 rings (SSSR count). The van der Waals surface area contributed by atoms with E-state index in [2.05, 4.69) is 6.07 Å². The number of nitrogens with zero attached hydrogens (tertiary/aromatic N) is 1. The molecular weight excluding hydrogens is 169 g/mol. The lowest BCUT2D eigenvalue weighted by atomic mass is 9.80. The smallest absolute Gasteiger partial charge is 0.129 e. The Morgan fingerprint density at radius 3 is 2.69 bits per heavy atom. The van der Waals surface area contributed by atoms with Crippen molar-refractivity contribution in [3.05, 3.63) is 35.6 Å². The van der Waals surface area contributed by atoms with Crippen molar-refractivity contribution in [1.82, 2.24) is 0 Å². The van der Waals surface area contributed by atoms with Gasteiger partial charge in [-0.1, -0.05) is 12.1 Å². The Morgan fingerprint density at radius 2 is 2.23 bits per heavy atom. The Morgan fingerprint density at radius 1 is 1.46 bits per heavy atom. The monoisotopic (exact) mass is 177 g/mol. The van der Waals surface area contributed by atoms with Gasteiger partial charge < -0.3 is 4.74 Å². The van der Waals surface area contributed by atoms with E-state index in [1.165, 1.54) is 12.1 Å². The highest BCUT2D eigenvalue weighted by Gasteiger charge is 2.40. The first-order chi connectivity index (χ1) is 6.27. The molecule has 1 aromatic carbocycles. The predicted octanol–water partition coefficient (Wildman–Crippen LogP) is 1.62. The molecule has 0 N–H and O–H groups in total. The summed E-state index contributed by atoms with van der Waals surface area (Å²) in [6.07, 6.45) is 0. The molecule has 0 atom stereocenters. The fourth-order valence-electron chi connectivity index (χ4n) is 1.39. The van der Waals surface area contributed by atoms with Gasteiger partial charge in [0.2, 0.25) is 0 Å². The van der Waals surface area contributed by atoms with Crippen molar-refractivity contribution in [2.45, 2.75) is 5.41 Å². The zero-order valence-electron chi connectivity index (χ0n) is 6.96. The summed E-state index contributed by atoms with van der Waals surface area (Å²) in [5, 5.41) is 8.93. The van der Waals surface area contributed by atoms with Crippen molar-refractivity contribution in [3.8, 4) is 6.07 Å². The maximum atomic E-state index is 12.8. The number of hydrogen-bond acceptors (Lipinski definition) is 2. The van der Waals surface area contributed by atoms with Crippen LogP contribution in [0.5, 0.6) is 0 Å². The van der Waals surface area contributed by atoms with E-state index < -0.39 is 5.41 Å².